The van der Waals surface area contributed by atoms with Crippen LogP contribution >= 0.6 is 0 Å². The van der Waals surface area contributed by atoms with E-state index in [-0.39, 0.29) is 5.41 Å². The highest BCUT2D eigenvalue weighted by molar-refractivity contribution is 5.46. The Morgan fingerprint density at radius 1 is 1.21 bits per heavy atom. The van der Waals surface area contributed by atoms with Crippen LogP contribution in [-0.4, -0.2) is 26.4 Å². The van der Waals surface area contributed by atoms with E-state index >= 15 is 0 Å². The van der Waals surface area contributed by atoms with Gasteiger partial charge in [0.1, 0.15) is 0 Å². The molecule has 0 aliphatic carbocycles. The number of ether oxygens (including phenoxy) is 2. The van der Waals surface area contributed by atoms with Crippen LogP contribution in [0.25, 0.3) is 0 Å². The lowest BCUT2D eigenvalue weighted by Gasteiger charge is -2.26. The molecule has 0 spiro atoms. The van der Waals surface area contributed by atoms with Crippen molar-refractivity contribution in [2.45, 2.75) is 32.1 Å². The van der Waals surface area contributed by atoms with Crippen LogP contribution in [-0.2, 0) is 5.41 Å². The van der Waals surface area contributed by atoms with E-state index in [0.29, 0.717) is 6.79 Å². The number of benzene rings is 1. The van der Waals surface area contributed by atoms with Gasteiger partial charge in [0.25, 0.3) is 0 Å². The molecule has 2 rings (SSSR count). The van der Waals surface area contributed by atoms with Crippen LogP contribution < -0.4 is 20.5 Å². The van der Waals surface area contributed by atoms with E-state index in [1.54, 1.807) is 0 Å². The van der Waals surface area contributed by atoms with Gasteiger partial charge in [-0.25, -0.2) is 0 Å². The van der Waals surface area contributed by atoms with Crippen LogP contribution in [0.2, 0.25) is 0 Å². The lowest BCUT2D eigenvalue weighted by atomic mass is 9.84. The molecular formula is C15H24N2O2. The average Bonchev–Trinajstić information content (AvgIpc) is 2.85. The van der Waals surface area contributed by atoms with Gasteiger partial charge in [0.2, 0.25) is 6.79 Å². The van der Waals surface area contributed by atoms with E-state index in [9.17, 15) is 0 Å². The van der Waals surface area contributed by atoms with E-state index in [1.807, 2.05) is 6.07 Å². The maximum atomic E-state index is 5.49. The summed E-state index contributed by atoms with van der Waals surface area (Å²) in [6.45, 7) is 7.53. The number of unbranched alkanes of at least 4 members (excludes halogenated alkanes) is 1. The summed E-state index contributed by atoms with van der Waals surface area (Å²) in [6.07, 6.45) is 2.21. The third kappa shape index (κ3) is 3.61. The van der Waals surface area contributed by atoms with E-state index < -0.39 is 0 Å². The molecule has 3 N–H and O–H groups in total. The predicted molar refractivity (Wildman–Crippen MR) is 76.7 cm³/mol. The standard InChI is InChI=1S/C15H24N2O2/c1-15(2,10-17-8-4-3-7-16)12-5-6-13-14(9-12)19-11-18-13/h5-6,9,17H,3-4,7-8,10-11,16H2,1-2H3. The Morgan fingerprint density at radius 3 is 2.79 bits per heavy atom. The minimum Gasteiger partial charge on any atom is -0.454 e. The molecule has 0 amide bonds. The fourth-order valence-electron chi connectivity index (χ4n) is 2.21. The second kappa shape index (κ2) is 6.26. The SMILES string of the molecule is CC(C)(CNCCCCN)c1ccc2c(c1)OCO2. The monoisotopic (exact) mass is 264 g/mol. The first kappa shape index (κ1) is 14.2. The first-order chi connectivity index (χ1) is 9.13. The van der Waals surface area contributed by atoms with E-state index in [1.165, 1.54) is 5.56 Å². The van der Waals surface area contributed by atoms with Gasteiger partial charge in [-0.2, -0.15) is 0 Å². The number of hydrogen-bond acceptors (Lipinski definition) is 4. The van der Waals surface area contributed by atoms with Gasteiger partial charge in [0.15, 0.2) is 11.5 Å². The van der Waals surface area contributed by atoms with Crippen LogP contribution in [0.5, 0.6) is 11.5 Å². The maximum Gasteiger partial charge on any atom is 0.231 e. The Bertz CT molecular complexity index is 419. The summed E-state index contributed by atoms with van der Waals surface area (Å²) in [6, 6.07) is 6.20. The van der Waals surface area contributed by atoms with Gasteiger partial charge in [0.05, 0.1) is 0 Å². The molecule has 19 heavy (non-hydrogen) atoms. The van der Waals surface area contributed by atoms with Crippen molar-refractivity contribution in [3.63, 3.8) is 0 Å². The fourth-order valence-corrected chi connectivity index (χ4v) is 2.21. The van der Waals surface area contributed by atoms with Gasteiger partial charge >= 0.3 is 0 Å². The fraction of sp³-hybridized carbons (Fsp3) is 0.600. The Balaban J connectivity index is 1.91. The summed E-state index contributed by atoms with van der Waals surface area (Å²) in [5.41, 5.74) is 6.83. The third-order valence-electron chi connectivity index (χ3n) is 3.53. The minimum atomic E-state index is 0.0731. The molecule has 1 heterocycles. The van der Waals surface area contributed by atoms with Crippen molar-refractivity contribution in [2.75, 3.05) is 26.4 Å². The third-order valence-corrected chi connectivity index (χ3v) is 3.53. The Hall–Kier alpha value is -1.26. The quantitative estimate of drug-likeness (QED) is 0.740. The van der Waals surface area contributed by atoms with Gasteiger partial charge in [-0.15, -0.1) is 0 Å². The number of rotatable bonds is 7. The van der Waals surface area contributed by atoms with Crippen LogP contribution in [0.3, 0.4) is 0 Å². The van der Waals surface area contributed by atoms with Crippen molar-refractivity contribution < 1.29 is 9.47 Å². The molecule has 106 valence electrons. The summed E-state index contributed by atoms with van der Waals surface area (Å²) >= 11 is 0. The molecule has 1 aliphatic rings. The number of fused-ring (bicyclic) bond motifs is 1. The predicted octanol–water partition coefficient (Wildman–Crippen LogP) is 2.02. The van der Waals surface area contributed by atoms with Crippen molar-refractivity contribution in [1.29, 1.82) is 0 Å². The Morgan fingerprint density at radius 2 is 2.00 bits per heavy atom. The molecular weight excluding hydrogens is 240 g/mol. The zero-order valence-electron chi connectivity index (χ0n) is 11.9. The second-order valence-corrected chi connectivity index (χ2v) is 5.62. The van der Waals surface area contributed by atoms with Gasteiger partial charge in [-0.3, -0.25) is 0 Å². The number of nitrogens with one attached hydrogen (secondary N) is 1. The largest absolute Gasteiger partial charge is 0.454 e. The zero-order valence-corrected chi connectivity index (χ0v) is 11.9. The highest BCUT2D eigenvalue weighted by Gasteiger charge is 2.23. The Kier molecular flexibility index (Phi) is 4.66. The maximum absolute atomic E-state index is 5.49. The summed E-state index contributed by atoms with van der Waals surface area (Å²) < 4.78 is 10.8. The molecule has 4 nitrogen and oxygen atoms in total. The van der Waals surface area contributed by atoms with Crippen LogP contribution in [0, 0.1) is 0 Å². The molecule has 0 bridgehead atoms. The van der Waals surface area contributed by atoms with E-state index in [4.69, 9.17) is 15.2 Å². The van der Waals surface area contributed by atoms with Gasteiger partial charge < -0.3 is 20.5 Å². The highest BCUT2D eigenvalue weighted by Crippen LogP contribution is 2.36. The zero-order chi connectivity index (χ0) is 13.7. The van der Waals surface area contributed by atoms with Crippen LogP contribution in [0.15, 0.2) is 18.2 Å². The van der Waals surface area contributed by atoms with Crippen LogP contribution in [0.4, 0.5) is 0 Å². The summed E-state index contributed by atoms with van der Waals surface area (Å²) in [4.78, 5) is 0. The molecule has 1 aromatic rings. The number of hydrogen-bond donors (Lipinski definition) is 2. The molecule has 0 fully saturated rings. The first-order valence-corrected chi connectivity index (χ1v) is 6.94. The minimum absolute atomic E-state index is 0.0731. The van der Waals surface area contributed by atoms with E-state index in [0.717, 1.165) is 44.0 Å². The Labute approximate surface area is 115 Å². The second-order valence-electron chi connectivity index (χ2n) is 5.62. The molecule has 0 saturated carbocycles. The summed E-state index contributed by atoms with van der Waals surface area (Å²) in [5, 5.41) is 3.50. The van der Waals surface area contributed by atoms with Crippen molar-refractivity contribution in [2.24, 2.45) is 5.73 Å². The lowest BCUT2D eigenvalue weighted by Crippen LogP contribution is -2.33. The molecule has 1 aromatic carbocycles. The van der Waals surface area contributed by atoms with Crippen molar-refractivity contribution in [3.8, 4) is 11.5 Å². The van der Waals surface area contributed by atoms with Gasteiger partial charge in [-0.05, 0) is 43.6 Å². The normalized spacial score (nSPS) is 13.8. The molecule has 0 unspecified atom stereocenters. The summed E-state index contributed by atoms with van der Waals surface area (Å²) in [5.74, 6) is 1.70. The molecule has 0 radical (unpaired) electrons. The molecule has 0 saturated heterocycles. The smallest absolute Gasteiger partial charge is 0.231 e. The van der Waals surface area contributed by atoms with Crippen molar-refractivity contribution >= 4 is 0 Å². The van der Waals surface area contributed by atoms with Crippen LogP contribution in [0.1, 0.15) is 32.3 Å². The molecule has 1 aliphatic heterocycles. The molecule has 0 aromatic heterocycles. The topological polar surface area (TPSA) is 56.5 Å². The van der Waals surface area contributed by atoms with E-state index in [2.05, 4.69) is 31.3 Å². The molecule has 4 heteroatoms. The summed E-state index contributed by atoms with van der Waals surface area (Å²) in [7, 11) is 0. The number of nitrogens with two attached hydrogens (primary N) is 1. The van der Waals surface area contributed by atoms with Gasteiger partial charge in [0, 0.05) is 12.0 Å². The first-order valence-electron chi connectivity index (χ1n) is 6.94. The van der Waals surface area contributed by atoms with Gasteiger partial charge in [-0.1, -0.05) is 19.9 Å². The highest BCUT2D eigenvalue weighted by atomic mass is 16.7. The van der Waals surface area contributed by atoms with Crippen molar-refractivity contribution in [3.05, 3.63) is 23.8 Å². The average molecular weight is 264 g/mol. The molecule has 0 atom stereocenters. The lowest BCUT2D eigenvalue weighted by molar-refractivity contribution is 0.174. The van der Waals surface area contributed by atoms with Crippen molar-refractivity contribution in [1.82, 2.24) is 5.32 Å².